The van der Waals surface area contributed by atoms with Gasteiger partial charge in [0.2, 0.25) is 5.75 Å². The molecule has 2 aromatic carbocycles. The zero-order valence-electron chi connectivity index (χ0n) is 18.3. The minimum Gasteiger partial charge on any atom is -0.492 e. The Bertz CT molecular complexity index is 1260. The van der Waals surface area contributed by atoms with Crippen molar-refractivity contribution in [2.75, 3.05) is 26.4 Å². The largest absolute Gasteiger partial charge is 0.492 e. The quantitative estimate of drug-likeness (QED) is 0.447. The summed E-state index contributed by atoms with van der Waals surface area (Å²) < 4.78 is 50.3. The Balaban J connectivity index is 1.95. The van der Waals surface area contributed by atoms with Gasteiger partial charge >= 0.3 is 0 Å². The first-order valence-corrected chi connectivity index (χ1v) is 12.5. The van der Waals surface area contributed by atoms with Crippen molar-refractivity contribution in [2.24, 2.45) is 0 Å². The average Bonchev–Trinajstić information content (AvgIpc) is 2.71. The molecule has 0 aliphatic heterocycles. The second-order valence-corrected chi connectivity index (χ2v) is 10.3. The van der Waals surface area contributed by atoms with Crippen molar-refractivity contribution in [3.63, 3.8) is 0 Å². The van der Waals surface area contributed by atoms with E-state index < -0.39 is 15.8 Å². The molecule has 0 fully saturated rings. The van der Waals surface area contributed by atoms with Crippen LogP contribution in [0.1, 0.15) is 13.8 Å². The van der Waals surface area contributed by atoms with E-state index in [9.17, 15) is 13.2 Å². The lowest BCUT2D eigenvalue weighted by Gasteiger charge is -2.17. The lowest BCUT2D eigenvalue weighted by atomic mass is 10.1. The summed E-state index contributed by atoms with van der Waals surface area (Å²) in [5.74, 6) is 1.01. The van der Waals surface area contributed by atoms with Crippen LogP contribution in [0.25, 0.3) is 11.0 Å². The predicted molar refractivity (Wildman–Crippen MR) is 122 cm³/mol. The fourth-order valence-electron chi connectivity index (χ4n) is 2.90. The second kappa shape index (κ2) is 9.74. The Hall–Kier alpha value is -2.85. The predicted octanol–water partition coefficient (Wildman–Crippen LogP) is 4.13. The molecule has 3 rings (SSSR count). The molecule has 0 spiro atoms. The Labute approximate surface area is 190 Å². The molecule has 0 bridgehead atoms. The molecular weight excluding hydrogens is 456 g/mol. The van der Waals surface area contributed by atoms with E-state index in [-0.39, 0.29) is 22.7 Å². The summed E-state index contributed by atoms with van der Waals surface area (Å²) in [6, 6.07) is 9.78. The molecule has 0 atom stereocenters. The van der Waals surface area contributed by atoms with Gasteiger partial charge in [0.15, 0.2) is 37.8 Å². The number of methoxy groups -OCH3 is 2. The van der Waals surface area contributed by atoms with Crippen molar-refractivity contribution in [3.05, 3.63) is 46.6 Å². The van der Waals surface area contributed by atoms with Gasteiger partial charge in [0, 0.05) is 23.3 Å². The van der Waals surface area contributed by atoms with Gasteiger partial charge in [-0.15, -0.1) is 0 Å². The standard InChI is InChI=1S/C22H24O8S2/c1-13(2)29-18-11-17-20(22(27-4)21(18)26-3)16(23)10-19(30-17)31-15-8-6-14(7-9-15)28-12-32(5,24)25/h6-11,13H,12H2,1-5H3. The second-order valence-electron chi connectivity index (χ2n) is 7.17. The summed E-state index contributed by atoms with van der Waals surface area (Å²) in [5.41, 5.74) is 0.0227. The molecule has 0 aliphatic rings. The van der Waals surface area contributed by atoms with E-state index >= 15 is 0 Å². The Morgan fingerprint density at radius 2 is 1.69 bits per heavy atom. The van der Waals surface area contributed by atoms with E-state index in [1.807, 2.05) is 13.8 Å². The minimum atomic E-state index is -3.24. The van der Waals surface area contributed by atoms with E-state index in [1.165, 1.54) is 32.0 Å². The molecule has 1 heterocycles. The lowest BCUT2D eigenvalue weighted by Crippen LogP contribution is -2.09. The molecule has 0 unspecified atom stereocenters. The van der Waals surface area contributed by atoms with E-state index in [0.717, 1.165) is 11.2 Å². The highest BCUT2D eigenvalue weighted by Gasteiger charge is 2.21. The van der Waals surface area contributed by atoms with Crippen molar-refractivity contribution >= 4 is 32.6 Å². The highest BCUT2D eigenvalue weighted by Crippen LogP contribution is 2.43. The van der Waals surface area contributed by atoms with E-state index in [4.69, 9.17) is 23.4 Å². The summed E-state index contributed by atoms with van der Waals surface area (Å²) in [7, 11) is -0.307. The molecule has 10 heteroatoms. The van der Waals surface area contributed by atoms with Crippen LogP contribution in [-0.4, -0.2) is 40.9 Å². The van der Waals surface area contributed by atoms with Crippen molar-refractivity contribution in [1.82, 2.24) is 0 Å². The monoisotopic (exact) mass is 480 g/mol. The Morgan fingerprint density at radius 3 is 2.25 bits per heavy atom. The zero-order valence-corrected chi connectivity index (χ0v) is 20.0. The number of hydrogen-bond acceptors (Lipinski definition) is 9. The minimum absolute atomic E-state index is 0.126. The summed E-state index contributed by atoms with van der Waals surface area (Å²) in [4.78, 5) is 13.7. The highest BCUT2D eigenvalue weighted by atomic mass is 32.2. The number of benzene rings is 2. The Morgan fingerprint density at radius 1 is 1.03 bits per heavy atom. The molecule has 172 valence electrons. The topological polar surface area (TPSA) is 101 Å². The molecule has 0 saturated heterocycles. The molecule has 0 amide bonds. The maximum absolute atomic E-state index is 12.9. The van der Waals surface area contributed by atoms with Gasteiger partial charge in [-0.3, -0.25) is 4.79 Å². The SMILES string of the molecule is COc1c(OC(C)C)cc2oc(Sc3ccc(OCS(C)(=O)=O)cc3)cc(=O)c2c1OC. The maximum Gasteiger partial charge on any atom is 0.204 e. The van der Waals surface area contributed by atoms with Crippen molar-refractivity contribution < 1.29 is 31.8 Å². The average molecular weight is 481 g/mol. The van der Waals surface area contributed by atoms with Gasteiger partial charge < -0.3 is 23.4 Å². The Kier molecular flexibility index (Phi) is 7.25. The number of sulfone groups is 1. The van der Waals surface area contributed by atoms with Gasteiger partial charge in [-0.05, 0) is 38.1 Å². The molecule has 0 radical (unpaired) electrons. The first-order valence-electron chi connectivity index (χ1n) is 9.59. The lowest BCUT2D eigenvalue weighted by molar-refractivity contribution is 0.226. The van der Waals surface area contributed by atoms with Gasteiger partial charge in [-0.1, -0.05) is 11.8 Å². The van der Waals surface area contributed by atoms with Gasteiger partial charge in [-0.2, -0.15) is 0 Å². The van der Waals surface area contributed by atoms with Gasteiger partial charge in [0.05, 0.1) is 20.3 Å². The van der Waals surface area contributed by atoms with Crippen LogP contribution in [0.4, 0.5) is 0 Å². The van der Waals surface area contributed by atoms with Gasteiger partial charge in [-0.25, -0.2) is 8.42 Å². The van der Waals surface area contributed by atoms with Gasteiger partial charge in [0.1, 0.15) is 16.7 Å². The molecule has 1 aromatic heterocycles. The summed E-state index contributed by atoms with van der Waals surface area (Å²) >= 11 is 1.24. The molecule has 0 N–H and O–H groups in total. The van der Waals surface area contributed by atoms with Crippen molar-refractivity contribution in [3.8, 4) is 23.0 Å². The molecular formula is C22H24O8S2. The molecule has 3 aromatic rings. The molecule has 8 nitrogen and oxygen atoms in total. The fraction of sp³-hybridized carbons (Fsp3) is 0.318. The summed E-state index contributed by atoms with van der Waals surface area (Å²) in [5, 5.41) is 0.629. The number of fused-ring (bicyclic) bond motifs is 1. The van der Waals surface area contributed by atoms with E-state index in [0.29, 0.717) is 27.9 Å². The first-order chi connectivity index (χ1) is 15.1. The summed E-state index contributed by atoms with van der Waals surface area (Å²) in [6.45, 7) is 3.75. The maximum atomic E-state index is 12.9. The highest BCUT2D eigenvalue weighted by molar-refractivity contribution is 7.99. The fourth-order valence-corrected chi connectivity index (χ4v) is 4.05. The third-order valence-corrected chi connectivity index (χ3v) is 5.58. The third kappa shape index (κ3) is 5.68. The van der Waals surface area contributed by atoms with Crippen molar-refractivity contribution in [1.29, 1.82) is 0 Å². The normalized spacial score (nSPS) is 11.6. The molecule has 0 aliphatic carbocycles. The van der Waals surface area contributed by atoms with Crippen LogP contribution in [0.15, 0.2) is 55.6 Å². The van der Waals surface area contributed by atoms with Crippen LogP contribution in [0.5, 0.6) is 23.0 Å². The number of ether oxygens (including phenoxy) is 4. The molecule has 0 saturated carbocycles. The van der Waals surface area contributed by atoms with Crippen LogP contribution in [0.3, 0.4) is 0 Å². The molecule has 32 heavy (non-hydrogen) atoms. The smallest absolute Gasteiger partial charge is 0.204 e. The summed E-state index contributed by atoms with van der Waals surface area (Å²) in [6.07, 6.45) is 0.972. The van der Waals surface area contributed by atoms with Crippen molar-refractivity contribution in [2.45, 2.75) is 29.9 Å². The van der Waals surface area contributed by atoms with Crippen LogP contribution in [-0.2, 0) is 9.84 Å². The van der Waals surface area contributed by atoms with Crippen LogP contribution in [0.2, 0.25) is 0 Å². The van der Waals surface area contributed by atoms with E-state index in [1.54, 1.807) is 30.3 Å². The third-order valence-electron chi connectivity index (χ3n) is 4.12. The first kappa shape index (κ1) is 23.8. The van der Waals surface area contributed by atoms with Gasteiger partial charge in [0.25, 0.3) is 0 Å². The van der Waals surface area contributed by atoms with Crippen LogP contribution in [0, 0.1) is 0 Å². The van der Waals surface area contributed by atoms with Crippen LogP contribution < -0.4 is 24.4 Å². The zero-order chi connectivity index (χ0) is 23.5. The van der Waals surface area contributed by atoms with Crippen LogP contribution >= 0.6 is 11.8 Å². The van der Waals surface area contributed by atoms with E-state index in [2.05, 4.69) is 0 Å². The number of rotatable bonds is 9. The number of hydrogen-bond donors (Lipinski definition) is 0.